The van der Waals surface area contributed by atoms with Crippen LogP contribution < -0.4 is 5.32 Å². The molecule has 0 spiro atoms. The maximum Gasteiger partial charge on any atom is 0.389 e. The fourth-order valence-corrected chi connectivity index (χ4v) is 2.25. The summed E-state index contributed by atoms with van der Waals surface area (Å²) in [7, 11) is 0. The van der Waals surface area contributed by atoms with Crippen LogP contribution in [0.25, 0.3) is 0 Å². The van der Waals surface area contributed by atoms with E-state index >= 15 is 0 Å². The maximum atomic E-state index is 12.2. The van der Waals surface area contributed by atoms with Gasteiger partial charge in [-0.15, -0.1) is 0 Å². The van der Waals surface area contributed by atoms with Gasteiger partial charge in [0.25, 0.3) is 0 Å². The summed E-state index contributed by atoms with van der Waals surface area (Å²) in [6.07, 6.45) is -4.76. The minimum Gasteiger partial charge on any atom is -0.306 e. The summed E-state index contributed by atoms with van der Waals surface area (Å²) < 4.78 is 36.6. The summed E-state index contributed by atoms with van der Waals surface area (Å²) in [6, 6.07) is 19.4. The molecular formula is C17H18F3N. The van der Waals surface area contributed by atoms with Gasteiger partial charge in [0.1, 0.15) is 0 Å². The molecular weight excluding hydrogens is 275 g/mol. The maximum absolute atomic E-state index is 12.2. The van der Waals surface area contributed by atoms with E-state index in [2.05, 4.69) is 5.32 Å². The third-order valence-electron chi connectivity index (χ3n) is 3.25. The van der Waals surface area contributed by atoms with Gasteiger partial charge in [-0.05, 0) is 24.1 Å². The molecule has 2 aromatic carbocycles. The number of rotatable bonds is 6. The molecule has 21 heavy (non-hydrogen) atoms. The zero-order valence-electron chi connectivity index (χ0n) is 11.6. The molecule has 2 aromatic rings. The van der Waals surface area contributed by atoms with Crippen molar-refractivity contribution in [2.45, 2.75) is 25.1 Å². The van der Waals surface area contributed by atoms with E-state index in [1.165, 1.54) is 0 Å². The van der Waals surface area contributed by atoms with E-state index in [4.69, 9.17) is 0 Å². The van der Waals surface area contributed by atoms with Crippen molar-refractivity contribution in [3.05, 3.63) is 71.8 Å². The molecule has 0 heterocycles. The van der Waals surface area contributed by atoms with Gasteiger partial charge in [-0.1, -0.05) is 60.7 Å². The van der Waals surface area contributed by atoms with Gasteiger partial charge in [0.15, 0.2) is 0 Å². The molecule has 0 aliphatic rings. The second-order valence-corrected chi connectivity index (χ2v) is 4.93. The van der Waals surface area contributed by atoms with Crippen molar-refractivity contribution in [3.63, 3.8) is 0 Å². The van der Waals surface area contributed by atoms with E-state index < -0.39 is 12.6 Å². The molecule has 0 bridgehead atoms. The lowest BCUT2D eigenvalue weighted by atomic mass is 9.98. The minimum atomic E-state index is -4.09. The van der Waals surface area contributed by atoms with Crippen molar-refractivity contribution in [2.24, 2.45) is 0 Å². The minimum absolute atomic E-state index is 0.0827. The number of hydrogen-bond donors (Lipinski definition) is 1. The largest absolute Gasteiger partial charge is 0.389 e. The first kappa shape index (κ1) is 15.6. The summed E-state index contributed by atoms with van der Waals surface area (Å²) in [5.74, 6) is 0. The first-order chi connectivity index (χ1) is 10.1. The molecule has 0 amide bonds. The van der Waals surface area contributed by atoms with Gasteiger partial charge in [0.2, 0.25) is 0 Å². The lowest BCUT2D eigenvalue weighted by Crippen LogP contribution is -2.24. The van der Waals surface area contributed by atoms with Crippen molar-refractivity contribution >= 4 is 0 Å². The van der Waals surface area contributed by atoms with Crippen molar-refractivity contribution < 1.29 is 13.2 Å². The summed E-state index contributed by atoms with van der Waals surface area (Å²) >= 11 is 0. The molecule has 0 saturated carbocycles. The normalized spacial score (nSPS) is 11.8. The predicted octanol–water partition coefficient (Wildman–Crippen LogP) is 4.71. The smallest absolute Gasteiger partial charge is 0.306 e. The Morgan fingerprint density at radius 3 is 1.71 bits per heavy atom. The molecule has 2 rings (SSSR count). The number of hydrogen-bond acceptors (Lipinski definition) is 1. The molecule has 4 heteroatoms. The zero-order valence-corrected chi connectivity index (χ0v) is 11.6. The molecule has 0 aliphatic heterocycles. The molecule has 1 N–H and O–H groups in total. The van der Waals surface area contributed by atoms with Crippen LogP contribution in [0.1, 0.15) is 30.0 Å². The molecule has 112 valence electrons. The Bertz CT molecular complexity index is 483. The first-order valence-electron chi connectivity index (χ1n) is 6.96. The zero-order chi connectivity index (χ0) is 15.1. The van der Waals surface area contributed by atoms with Gasteiger partial charge in [-0.3, -0.25) is 0 Å². The van der Waals surface area contributed by atoms with Crippen LogP contribution in [-0.2, 0) is 0 Å². The third-order valence-corrected chi connectivity index (χ3v) is 3.25. The van der Waals surface area contributed by atoms with E-state index in [-0.39, 0.29) is 12.5 Å². The van der Waals surface area contributed by atoms with Crippen LogP contribution in [0.15, 0.2) is 60.7 Å². The van der Waals surface area contributed by atoms with Crippen LogP contribution in [0.5, 0.6) is 0 Å². The fraction of sp³-hybridized carbons (Fsp3) is 0.294. The first-order valence-corrected chi connectivity index (χ1v) is 6.96. The number of alkyl halides is 3. The molecule has 0 fully saturated rings. The number of benzene rings is 2. The van der Waals surface area contributed by atoms with Gasteiger partial charge in [-0.2, -0.15) is 13.2 Å². The molecule has 0 aromatic heterocycles. The molecule has 0 saturated heterocycles. The number of nitrogens with one attached hydrogen (secondary N) is 1. The highest BCUT2D eigenvalue weighted by atomic mass is 19.4. The lowest BCUT2D eigenvalue weighted by molar-refractivity contribution is -0.135. The molecule has 0 radical (unpaired) electrons. The molecule has 0 aliphatic carbocycles. The molecule has 1 nitrogen and oxygen atoms in total. The Balaban J connectivity index is 2.04. The summed E-state index contributed by atoms with van der Waals surface area (Å²) in [5, 5.41) is 3.22. The van der Waals surface area contributed by atoms with E-state index in [9.17, 15) is 13.2 Å². The average Bonchev–Trinajstić information content (AvgIpc) is 2.48. The average molecular weight is 293 g/mol. The highest BCUT2D eigenvalue weighted by Crippen LogP contribution is 2.23. The summed E-state index contributed by atoms with van der Waals surface area (Å²) in [6.45, 7) is 0.327. The van der Waals surface area contributed by atoms with E-state index in [0.29, 0.717) is 6.54 Å². The van der Waals surface area contributed by atoms with Crippen LogP contribution in [0, 0.1) is 0 Å². The van der Waals surface area contributed by atoms with Gasteiger partial charge >= 0.3 is 6.18 Å². The van der Waals surface area contributed by atoms with E-state index in [1.54, 1.807) is 0 Å². The van der Waals surface area contributed by atoms with Crippen molar-refractivity contribution in [1.82, 2.24) is 5.32 Å². The second kappa shape index (κ2) is 7.27. The van der Waals surface area contributed by atoms with Crippen LogP contribution >= 0.6 is 0 Å². The highest BCUT2D eigenvalue weighted by molar-refractivity contribution is 5.31. The van der Waals surface area contributed by atoms with Gasteiger partial charge in [-0.25, -0.2) is 0 Å². The molecule has 0 unspecified atom stereocenters. The van der Waals surface area contributed by atoms with Crippen molar-refractivity contribution in [3.8, 4) is 0 Å². The number of halogens is 3. The van der Waals surface area contributed by atoms with Gasteiger partial charge < -0.3 is 5.32 Å². The fourth-order valence-electron chi connectivity index (χ4n) is 2.25. The second-order valence-electron chi connectivity index (χ2n) is 4.93. The van der Waals surface area contributed by atoms with Crippen molar-refractivity contribution in [2.75, 3.05) is 6.54 Å². The summed E-state index contributed by atoms with van der Waals surface area (Å²) in [4.78, 5) is 0. The SMILES string of the molecule is FC(F)(F)CCCNC(c1ccccc1)c1ccccc1. The third kappa shape index (κ3) is 5.23. The lowest BCUT2D eigenvalue weighted by Gasteiger charge is -2.20. The highest BCUT2D eigenvalue weighted by Gasteiger charge is 2.26. The van der Waals surface area contributed by atoms with Crippen LogP contribution in [-0.4, -0.2) is 12.7 Å². The quantitative estimate of drug-likeness (QED) is 0.761. The summed E-state index contributed by atoms with van der Waals surface area (Å²) in [5.41, 5.74) is 2.10. The Kier molecular flexibility index (Phi) is 5.39. The Morgan fingerprint density at radius 2 is 1.29 bits per heavy atom. The molecule has 0 atom stereocenters. The topological polar surface area (TPSA) is 12.0 Å². The Morgan fingerprint density at radius 1 is 0.810 bits per heavy atom. The van der Waals surface area contributed by atoms with Gasteiger partial charge in [0.05, 0.1) is 6.04 Å². The van der Waals surface area contributed by atoms with E-state index in [1.807, 2.05) is 60.7 Å². The van der Waals surface area contributed by atoms with Crippen molar-refractivity contribution in [1.29, 1.82) is 0 Å². The predicted molar refractivity (Wildman–Crippen MR) is 78.0 cm³/mol. The van der Waals surface area contributed by atoms with Crippen LogP contribution in [0.3, 0.4) is 0 Å². The van der Waals surface area contributed by atoms with Crippen LogP contribution in [0.2, 0.25) is 0 Å². The van der Waals surface area contributed by atoms with Gasteiger partial charge in [0, 0.05) is 6.42 Å². The van der Waals surface area contributed by atoms with E-state index in [0.717, 1.165) is 11.1 Å². The standard InChI is InChI=1S/C17H18F3N/c18-17(19,20)12-7-13-21-16(14-8-3-1-4-9-14)15-10-5-2-6-11-15/h1-6,8-11,16,21H,7,12-13H2. The Labute approximate surface area is 122 Å². The monoisotopic (exact) mass is 293 g/mol. The Hall–Kier alpha value is -1.81. The van der Waals surface area contributed by atoms with Crippen LogP contribution in [0.4, 0.5) is 13.2 Å².